The van der Waals surface area contributed by atoms with Gasteiger partial charge in [0.1, 0.15) is 5.15 Å². The molecular weight excluding hydrogens is 196 g/mol. The average molecular weight is 209 g/mol. The second-order valence-corrected chi connectivity index (χ2v) is 3.91. The van der Waals surface area contributed by atoms with E-state index in [9.17, 15) is 0 Å². The fourth-order valence-electron chi connectivity index (χ4n) is 1.57. The molecule has 0 amide bonds. The Hall–Kier alpha value is -0.860. The van der Waals surface area contributed by atoms with E-state index in [2.05, 4.69) is 22.5 Å². The normalized spacial score (nSPS) is 21.9. The van der Waals surface area contributed by atoms with E-state index in [0.717, 1.165) is 18.7 Å². The second kappa shape index (κ2) is 4.58. The molecule has 0 aromatic carbocycles. The van der Waals surface area contributed by atoms with Crippen LogP contribution in [0.1, 0.15) is 12.0 Å². The molecule has 1 aromatic rings. The second-order valence-electron chi connectivity index (χ2n) is 3.53. The predicted octanol–water partition coefficient (Wildman–Crippen LogP) is 2.36. The van der Waals surface area contributed by atoms with Gasteiger partial charge in [0.05, 0.1) is 0 Å². The summed E-state index contributed by atoms with van der Waals surface area (Å²) in [6.45, 7) is 2.23. The molecule has 14 heavy (non-hydrogen) atoms. The Morgan fingerprint density at radius 1 is 1.50 bits per heavy atom. The summed E-state index contributed by atoms with van der Waals surface area (Å²) < 4.78 is 0. The average Bonchev–Trinajstić information content (AvgIpc) is 2.70. The zero-order valence-electron chi connectivity index (χ0n) is 7.91. The summed E-state index contributed by atoms with van der Waals surface area (Å²) in [7, 11) is 0. The smallest absolute Gasteiger partial charge is 0.129 e. The van der Waals surface area contributed by atoms with Gasteiger partial charge in [-0.2, -0.15) is 0 Å². The number of aromatic nitrogens is 1. The standard InChI is InChI=1S/C11H13ClN2/c12-11-4-3-9(8-14-11)1-2-10-5-6-13-7-10/h1-4,8,10,13H,5-7H2/t10-/m1/s1. The SMILES string of the molecule is Clc1ccc(C=C[C@@H]2CCNC2)cn1. The Morgan fingerprint density at radius 3 is 3.07 bits per heavy atom. The highest BCUT2D eigenvalue weighted by Crippen LogP contribution is 2.12. The van der Waals surface area contributed by atoms with E-state index >= 15 is 0 Å². The highest BCUT2D eigenvalue weighted by molar-refractivity contribution is 6.29. The lowest BCUT2D eigenvalue weighted by atomic mass is 10.1. The van der Waals surface area contributed by atoms with Gasteiger partial charge >= 0.3 is 0 Å². The molecule has 0 bridgehead atoms. The van der Waals surface area contributed by atoms with Crippen LogP contribution in [0.15, 0.2) is 24.4 Å². The van der Waals surface area contributed by atoms with Crippen LogP contribution < -0.4 is 5.32 Å². The molecule has 1 saturated heterocycles. The Balaban J connectivity index is 1.99. The molecule has 1 aliphatic heterocycles. The van der Waals surface area contributed by atoms with E-state index < -0.39 is 0 Å². The maximum atomic E-state index is 5.69. The summed E-state index contributed by atoms with van der Waals surface area (Å²) in [6.07, 6.45) is 7.38. The molecule has 74 valence electrons. The van der Waals surface area contributed by atoms with Crippen LogP contribution in [0.25, 0.3) is 6.08 Å². The van der Waals surface area contributed by atoms with Gasteiger partial charge in [-0.15, -0.1) is 0 Å². The number of pyridine rings is 1. The third kappa shape index (κ3) is 2.56. The van der Waals surface area contributed by atoms with Gasteiger partial charge in [-0.05, 0) is 30.5 Å². The van der Waals surface area contributed by atoms with Crippen molar-refractivity contribution in [3.8, 4) is 0 Å². The van der Waals surface area contributed by atoms with E-state index in [0.29, 0.717) is 11.1 Å². The van der Waals surface area contributed by atoms with Crippen LogP contribution in [0.3, 0.4) is 0 Å². The third-order valence-corrected chi connectivity index (χ3v) is 2.63. The van der Waals surface area contributed by atoms with E-state index in [1.807, 2.05) is 12.1 Å². The van der Waals surface area contributed by atoms with Crippen molar-refractivity contribution >= 4 is 17.7 Å². The lowest BCUT2D eigenvalue weighted by Crippen LogP contribution is -2.07. The highest BCUT2D eigenvalue weighted by Gasteiger charge is 2.09. The molecule has 1 aliphatic rings. The molecular formula is C11H13ClN2. The zero-order valence-corrected chi connectivity index (χ0v) is 8.67. The van der Waals surface area contributed by atoms with Gasteiger partial charge in [0.15, 0.2) is 0 Å². The first-order valence-corrected chi connectivity index (χ1v) is 5.23. The quantitative estimate of drug-likeness (QED) is 0.755. The van der Waals surface area contributed by atoms with Crippen LogP contribution in [-0.4, -0.2) is 18.1 Å². The topological polar surface area (TPSA) is 24.9 Å². The maximum absolute atomic E-state index is 5.69. The van der Waals surface area contributed by atoms with Crippen molar-refractivity contribution in [2.45, 2.75) is 6.42 Å². The molecule has 1 aromatic heterocycles. The van der Waals surface area contributed by atoms with Crippen molar-refractivity contribution in [1.29, 1.82) is 0 Å². The van der Waals surface area contributed by atoms with Crippen molar-refractivity contribution in [2.75, 3.05) is 13.1 Å². The van der Waals surface area contributed by atoms with Crippen LogP contribution in [0.2, 0.25) is 5.15 Å². The number of rotatable bonds is 2. The zero-order chi connectivity index (χ0) is 9.80. The minimum Gasteiger partial charge on any atom is -0.316 e. The summed E-state index contributed by atoms with van der Waals surface area (Å²) in [5.74, 6) is 0.672. The van der Waals surface area contributed by atoms with Gasteiger partial charge in [-0.3, -0.25) is 0 Å². The lowest BCUT2D eigenvalue weighted by molar-refractivity contribution is 0.731. The molecule has 2 heterocycles. The van der Waals surface area contributed by atoms with Crippen molar-refractivity contribution < 1.29 is 0 Å². The molecule has 0 aliphatic carbocycles. The summed E-state index contributed by atoms with van der Waals surface area (Å²) in [4.78, 5) is 4.02. The first kappa shape index (κ1) is 9.69. The van der Waals surface area contributed by atoms with Crippen molar-refractivity contribution in [3.63, 3.8) is 0 Å². The van der Waals surface area contributed by atoms with Crippen LogP contribution in [0, 0.1) is 5.92 Å². The fraction of sp³-hybridized carbons (Fsp3) is 0.364. The molecule has 0 spiro atoms. The van der Waals surface area contributed by atoms with E-state index in [1.165, 1.54) is 6.42 Å². The van der Waals surface area contributed by atoms with Crippen LogP contribution in [0.4, 0.5) is 0 Å². The molecule has 0 saturated carbocycles. The number of nitrogens with zero attached hydrogens (tertiary/aromatic N) is 1. The summed E-state index contributed by atoms with van der Waals surface area (Å²) in [5, 5.41) is 3.88. The van der Waals surface area contributed by atoms with Crippen molar-refractivity contribution in [3.05, 3.63) is 35.1 Å². The van der Waals surface area contributed by atoms with E-state index in [1.54, 1.807) is 6.20 Å². The molecule has 0 unspecified atom stereocenters. The number of hydrogen-bond acceptors (Lipinski definition) is 2. The first-order chi connectivity index (χ1) is 6.84. The van der Waals surface area contributed by atoms with Crippen LogP contribution >= 0.6 is 11.6 Å². The van der Waals surface area contributed by atoms with Gasteiger partial charge in [0.25, 0.3) is 0 Å². The monoisotopic (exact) mass is 208 g/mol. The van der Waals surface area contributed by atoms with Crippen LogP contribution in [0.5, 0.6) is 0 Å². The van der Waals surface area contributed by atoms with Gasteiger partial charge in [-0.1, -0.05) is 29.8 Å². The lowest BCUT2D eigenvalue weighted by Gasteiger charge is -1.99. The summed E-state index contributed by atoms with van der Waals surface area (Å²) in [6, 6.07) is 3.79. The molecule has 1 atom stereocenters. The molecule has 0 radical (unpaired) electrons. The minimum absolute atomic E-state index is 0.546. The Bertz CT molecular complexity index is 313. The number of halogens is 1. The Morgan fingerprint density at radius 2 is 2.43 bits per heavy atom. The van der Waals surface area contributed by atoms with Crippen molar-refractivity contribution in [2.24, 2.45) is 5.92 Å². The largest absolute Gasteiger partial charge is 0.316 e. The van der Waals surface area contributed by atoms with Crippen molar-refractivity contribution in [1.82, 2.24) is 10.3 Å². The molecule has 1 fully saturated rings. The number of nitrogens with one attached hydrogen (secondary N) is 1. The van der Waals surface area contributed by atoms with Gasteiger partial charge in [0.2, 0.25) is 0 Å². The van der Waals surface area contributed by atoms with E-state index in [4.69, 9.17) is 11.6 Å². The van der Waals surface area contributed by atoms with E-state index in [-0.39, 0.29) is 0 Å². The first-order valence-electron chi connectivity index (χ1n) is 4.85. The molecule has 2 rings (SSSR count). The van der Waals surface area contributed by atoms with Crippen LogP contribution in [-0.2, 0) is 0 Å². The Labute approximate surface area is 89.0 Å². The Kier molecular flexibility index (Phi) is 3.17. The molecule has 1 N–H and O–H groups in total. The summed E-state index contributed by atoms with van der Waals surface area (Å²) >= 11 is 5.69. The fourth-order valence-corrected chi connectivity index (χ4v) is 1.69. The predicted molar refractivity (Wildman–Crippen MR) is 59.3 cm³/mol. The minimum atomic E-state index is 0.546. The number of hydrogen-bond donors (Lipinski definition) is 1. The van der Waals surface area contributed by atoms with Gasteiger partial charge < -0.3 is 5.32 Å². The maximum Gasteiger partial charge on any atom is 0.129 e. The van der Waals surface area contributed by atoms with Gasteiger partial charge in [-0.25, -0.2) is 4.98 Å². The van der Waals surface area contributed by atoms with Gasteiger partial charge in [0, 0.05) is 12.7 Å². The molecule has 2 nitrogen and oxygen atoms in total. The summed E-state index contributed by atoms with van der Waals surface area (Å²) in [5.41, 5.74) is 1.11. The molecule has 3 heteroatoms. The third-order valence-electron chi connectivity index (χ3n) is 2.41. The highest BCUT2D eigenvalue weighted by atomic mass is 35.5.